The smallest absolute Gasteiger partial charge is 0.265 e. The maximum Gasteiger partial charge on any atom is 0.265 e. The molecule has 2 amide bonds. The molecule has 0 spiro atoms. The van der Waals surface area contributed by atoms with Gasteiger partial charge in [-0.05, 0) is 35.6 Å². The second-order valence-corrected chi connectivity index (χ2v) is 4.90. The van der Waals surface area contributed by atoms with Crippen molar-refractivity contribution in [3.8, 4) is 0 Å². The van der Waals surface area contributed by atoms with Crippen LogP contribution in [0.2, 0.25) is 0 Å². The summed E-state index contributed by atoms with van der Waals surface area (Å²) in [6.07, 6.45) is 0.663. The number of rotatable bonds is 5. The average molecular weight is 290 g/mol. The maximum absolute atomic E-state index is 12.0. The highest BCUT2D eigenvalue weighted by molar-refractivity contribution is 7.08. The summed E-state index contributed by atoms with van der Waals surface area (Å²) >= 11 is 1.08. The van der Waals surface area contributed by atoms with Crippen LogP contribution in [0, 0.1) is 0 Å². The summed E-state index contributed by atoms with van der Waals surface area (Å²) in [6.45, 7) is 2.24. The SMILES string of the molecule is CCc1nnsc1C(=O)NCc1cccc(C(N)=O)c1. The molecule has 1 heterocycles. The van der Waals surface area contributed by atoms with Gasteiger partial charge in [-0.25, -0.2) is 0 Å². The lowest BCUT2D eigenvalue weighted by atomic mass is 10.1. The second kappa shape index (κ2) is 6.25. The van der Waals surface area contributed by atoms with Crippen LogP contribution in [0.3, 0.4) is 0 Å². The Labute approximate surface area is 120 Å². The fourth-order valence-electron chi connectivity index (χ4n) is 1.71. The molecule has 1 aromatic carbocycles. The van der Waals surface area contributed by atoms with Gasteiger partial charge in [0.15, 0.2) is 0 Å². The summed E-state index contributed by atoms with van der Waals surface area (Å²) in [7, 11) is 0. The van der Waals surface area contributed by atoms with Crippen LogP contribution in [0.1, 0.15) is 38.2 Å². The van der Waals surface area contributed by atoms with Crippen molar-refractivity contribution in [2.75, 3.05) is 0 Å². The number of aryl methyl sites for hydroxylation is 1. The van der Waals surface area contributed by atoms with Crippen molar-refractivity contribution in [2.45, 2.75) is 19.9 Å². The number of hydrogen-bond donors (Lipinski definition) is 2. The first kappa shape index (κ1) is 14.1. The number of aromatic nitrogens is 2. The Bertz CT molecular complexity index is 639. The Hall–Kier alpha value is -2.28. The van der Waals surface area contributed by atoms with Crippen molar-refractivity contribution in [1.29, 1.82) is 0 Å². The molecule has 0 saturated heterocycles. The molecule has 20 heavy (non-hydrogen) atoms. The van der Waals surface area contributed by atoms with E-state index in [-0.39, 0.29) is 5.91 Å². The van der Waals surface area contributed by atoms with Gasteiger partial charge < -0.3 is 11.1 Å². The molecule has 0 fully saturated rings. The molecule has 1 aromatic heterocycles. The highest BCUT2D eigenvalue weighted by Gasteiger charge is 2.14. The van der Waals surface area contributed by atoms with Crippen LogP contribution in [0.15, 0.2) is 24.3 Å². The highest BCUT2D eigenvalue weighted by Crippen LogP contribution is 2.11. The number of nitrogens with zero attached hydrogens (tertiary/aromatic N) is 2. The van der Waals surface area contributed by atoms with Crippen LogP contribution >= 0.6 is 11.5 Å². The molecular formula is C13H14N4O2S. The van der Waals surface area contributed by atoms with Crippen molar-refractivity contribution in [2.24, 2.45) is 5.73 Å². The summed E-state index contributed by atoms with van der Waals surface area (Å²) in [5.74, 6) is -0.695. The van der Waals surface area contributed by atoms with E-state index >= 15 is 0 Å². The molecule has 2 rings (SSSR count). The van der Waals surface area contributed by atoms with Gasteiger partial charge in [0, 0.05) is 12.1 Å². The van der Waals surface area contributed by atoms with Gasteiger partial charge in [-0.15, -0.1) is 5.10 Å². The normalized spacial score (nSPS) is 10.2. The molecule has 0 saturated carbocycles. The standard InChI is InChI=1S/C13H14N4O2S/c1-2-10-11(20-17-16-10)13(19)15-7-8-4-3-5-9(6-8)12(14)18/h3-6H,2,7H2,1H3,(H2,14,18)(H,15,19). The first-order valence-corrected chi connectivity index (χ1v) is 6.87. The van der Waals surface area contributed by atoms with E-state index in [0.29, 0.717) is 29.1 Å². The molecule has 0 bridgehead atoms. The van der Waals surface area contributed by atoms with Crippen molar-refractivity contribution in [1.82, 2.24) is 14.9 Å². The third kappa shape index (κ3) is 3.18. The third-order valence-electron chi connectivity index (χ3n) is 2.76. The Kier molecular flexibility index (Phi) is 4.41. The number of nitrogens with one attached hydrogen (secondary N) is 1. The molecule has 0 aliphatic carbocycles. The van der Waals surface area contributed by atoms with Crippen LogP contribution in [0.4, 0.5) is 0 Å². The van der Waals surface area contributed by atoms with Gasteiger partial charge in [0.05, 0.1) is 5.69 Å². The number of carbonyl (C=O) groups excluding carboxylic acids is 2. The number of amides is 2. The van der Waals surface area contributed by atoms with Crippen LogP contribution < -0.4 is 11.1 Å². The lowest BCUT2D eigenvalue weighted by Gasteiger charge is -2.05. The van der Waals surface area contributed by atoms with E-state index in [2.05, 4.69) is 14.9 Å². The van der Waals surface area contributed by atoms with Gasteiger partial charge in [-0.2, -0.15) is 0 Å². The average Bonchev–Trinajstić information content (AvgIpc) is 2.93. The first-order valence-electron chi connectivity index (χ1n) is 6.10. The van der Waals surface area contributed by atoms with Gasteiger partial charge in [-0.3, -0.25) is 9.59 Å². The van der Waals surface area contributed by atoms with Gasteiger partial charge in [0.25, 0.3) is 5.91 Å². The minimum absolute atomic E-state index is 0.207. The van der Waals surface area contributed by atoms with Gasteiger partial charge in [0.1, 0.15) is 4.88 Å². The molecule has 2 aromatic rings. The fraction of sp³-hybridized carbons (Fsp3) is 0.231. The molecule has 6 nitrogen and oxygen atoms in total. The Balaban J connectivity index is 2.03. The molecular weight excluding hydrogens is 276 g/mol. The third-order valence-corrected chi connectivity index (χ3v) is 3.53. The van der Waals surface area contributed by atoms with Crippen LogP contribution in [0.25, 0.3) is 0 Å². The van der Waals surface area contributed by atoms with Crippen LogP contribution in [-0.2, 0) is 13.0 Å². The molecule has 0 aliphatic heterocycles. The quantitative estimate of drug-likeness (QED) is 0.862. The molecule has 0 radical (unpaired) electrons. The Morgan fingerprint density at radius 2 is 2.20 bits per heavy atom. The second-order valence-electron chi connectivity index (χ2n) is 4.15. The maximum atomic E-state index is 12.0. The zero-order valence-electron chi connectivity index (χ0n) is 10.9. The van der Waals surface area contributed by atoms with Crippen molar-refractivity contribution < 1.29 is 9.59 Å². The zero-order valence-corrected chi connectivity index (χ0v) is 11.7. The Morgan fingerprint density at radius 1 is 1.40 bits per heavy atom. The van der Waals surface area contributed by atoms with E-state index in [0.717, 1.165) is 17.1 Å². The summed E-state index contributed by atoms with van der Waals surface area (Å²) in [4.78, 5) is 23.6. The minimum Gasteiger partial charge on any atom is -0.366 e. The van der Waals surface area contributed by atoms with Crippen LogP contribution in [-0.4, -0.2) is 21.4 Å². The molecule has 3 N–H and O–H groups in total. The van der Waals surface area contributed by atoms with Gasteiger partial charge in [-0.1, -0.05) is 23.5 Å². The lowest BCUT2D eigenvalue weighted by molar-refractivity contribution is 0.0953. The van der Waals surface area contributed by atoms with Gasteiger partial charge in [0.2, 0.25) is 5.91 Å². The largest absolute Gasteiger partial charge is 0.366 e. The zero-order chi connectivity index (χ0) is 14.5. The van der Waals surface area contributed by atoms with E-state index in [1.54, 1.807) is 18.2 Å². The van der Waals surface area contributed by atoms with E-state index in [4.69, 9.17) is 5.73 Å². The number of primary amides is 1. The predicted molar refractivity (Wildman–Crippen MR) is 75.4 cm³/mol. The minimum atomic E-state index is -0.488. The van der Waals surface area contributed by atoms with Gasteiger partial charge >= 0.3 is 0 Å². The summed E-state index contributed by atoms with van der Waals surface area (Å²) in [6, 6.07) is 6.84. The monoisotopic (exact) mass is 290 g/mol. The van der Waals surface area contributed by atoms with Crippen LogP contribution in [0.5, 0.6) is 0 Å². The summed E-state index contributed by atoms with van der Waals surface area (Å²) < 4.78 is 3.78. The molecule has 0 atom stereocenters. The van der Waals surface area contributed by atoms with E-state index in [9.17, 15) is 9.59 Å². The number of benzene rings is 1. The number of carbonyl (C=O) groups is 2. The Morgan fingerprint density at radius 3 is 2.90 bits per heavy atom. The number of hydrogen-bond acceptors (Lipinski definition) is 5. The highest BCUT2D eigenvalue weighted by atomic mass is 32.1. The van der Waals surface area contributed by atoms with E-state index in [1.165, 1.54) is 0 Å². The molecule has 0 unspecified atom stereocenters. The van der Waals surface area contributed by atoms with Crippen molar-refractivity contribution in [3.05, 3.63) is 46.0 Å². The van der Waals surface area contributed by atoms with Crippen molar-refractivity contribution in [3.63, 3.8) is 0 Å². The topological polar surface area (TPSA) is 98.0 Å². The number of nitrogens with two attached hydrogens (primary N) is 1. The molecule has 104 valence electrons. The molecule has 7 heteroatoms. The molecule has 0 aliphatic rings. The fourth-order valence-corrected chi connectivity index (χ4v) is 2.38. The lowest BCUT2D eigenvalue weighted by Crippen LogP contribution is -2.23. The first-order chi connectivity index (χ1) is 9.61. The summed E-state index contributed by atoms with van der Waals surface area (Å²) in [5, 5.41) is 6.68. The van der Waals surface area contributed by atoms with E-state index < -0.39 is 5.91 Å². The predicted octanol–water partition coefficient (Wildman–Crippen LogP) is 1.13. The summed E-state index contributed by atoms with van der Waals surface area (Å²) in [5.41, 5.74) is 7.14. The van der Waals surface area contributed by atoms with Crippen molar-refractivity contribution >= 4 is 23.3 Å². The van der Waals surface area contributed by atoms with E-state index in [1.807, 2.05) is 13.0 Å².